The molecule has 0 bridgehead atoms. The molecule has 7 nitrogen and oxygen atoms in total. The van der Waals surface area contributed by atoms with E-state index in [1.54, 1.807) is 37.4 Å². The number of aromatic nitrogens is 2. The Hall–Kier alpha value is -2.56. The third kappa shape index (κ3) is 5.74. The second-order valence-electron chi connectivity index (χ2n) is 6.66. The number of hydrogen-bond donors (Lipinski definition) is 2. The zero-order chi connectivity index (χ0) is 21.7. The molecule has 10 heteroatoms. The quantitative estimate of drug-likeness (QED) is 0.503. The number of nitrogens with zero attached hydrogens (tertiary/aromatic N) is 2. The van der Waals surface area contributed by atoms with Crippen molar-refractivity contribution in [3.05, 3.63) is 82.3 Å². The van der Waals surface area contributed by atoms with Gasteiger partial charge in [0.25, 0.3) is 0 Å². The third-order valence-electron chi connectivity index (χ3n) is 4.35. The number of hydrogen-bond acceptors (Lipinski definition) is 4. The summed E-state index contributed by atoms with van der Waals surface area (Å²) in [7, 11) is -2.17. The van der Waals surface area contributed by atoms with E-state index in [1.807, 2.05) is 6.07 Å². The van der Waals surface area contributed by atoms with E-state index in [1.165, 1.54) is 29.2 Å². The molecule has 0 saturated carbocycles. The third-order valence-corrected chi connectivity index (χ3v) is 6.38. The Morgan fingerprint density at radius 1 is 1.23 bits per heavy atom. The van der Waals surface area contributed by atoms with Crippen LogP contribution in [0.25, 0.3) is 0 Å². The van der Waals surface area contributed by atoms with Crippen LogP contribution in [0, 0.1) is 5.82 Å². The second-order valence-corrected chi connectivity index (χ2v) is 9.28. The number of halogens is 2. The van der Waals surface area contributed by atoms with Crippen LogP contribution in [-0.4, -0.2) is 30.7 Å². The highest BCUT2D eigenvalue weighted by Gasteiger charge is 2.21. The van der Waals surface area contributed by atoms with Crippen LogP contribution in [0.2, 0.25) is 0 Å². The first-order valence-corrected chi connectivity index (χ1v) is 11.3. The number of benzene rings is 2. The van der Waals surface area contributed by atoms with Crippen LogP contribution < -0.4 is 10.0 Å². The fraction of sp³-hybridized carbons (Fsp3) is 0.200. The number of carbonyl (C=O) groups excluding carboxylic acids is 1. The van der Waals surface area contributed by atoms with E-state index in [9.17, 15) is 17.6 Å². The maximum Gasteiger partial charge on any atom is 0.243 e. The molecule has 2 N–H and O–H groups in total. The largest absolute Gasteiger partial charge is 0.348 e. The first kappa shape index (κ1) is 22.1. The molecule has 0 aliphatic rings. The first-order chi connectivity index (χ1) is 14.2. The van der Waals surface area contributed by atoms with Crippen LogP contribution in [0.5, 0.6) is 0 Å². The van der Waals surface area contributed by atoms with Gasteiger partial charge in [0.1, 0.15) is 10.7 Å². The topological polar surface area (TPSA) is 93.1 Å². The lowest BCUT2D eigenvalue weighted by atomic mass is 10.1. The lowest BCUT2D eigenvalue weighted by Crippen LogP contribution is -2.38. The Labute approximate surface area is 182 Å². The fourth-order valence-corrected chi connectivity index (χ4v) is 4.11. The predicted molar refractivity (Wildman–Crippen MR) is 114 cm³/mol. The van der Waals surface area contributed by atoms with Crippen molar-refractivity contribution in [1.82, 2.24) is 19.8 Å². The molecule has 0 radical (unpaired) electrons. The summed E-state index contributed by atoms with van der Waals surface area (Å²) < 4.78 is 42.9. The Kier molecular flexibility index (Phi) is 7.01. The van der Waals surface area contributed by atoms with Crippen molar-refractivity contribution in [2.75, 3.05) is 6.54 Å². The number of amides is 1. The number of nitrogens with one attached hydrogen (secondary N) is 2. The maximum absolute atomic E-state index is 13.7. The lowest BCUT2D eigenvalue weighted by molar-refractivity contribution is -0.121. The molecule has 0 spiro atoms. The van der Waals surface area contributed by atoms with Gasteiger partial charge in [0.05, 0.1) is 23.1 Å². The smallest absolute Gasteiger partial charge is 0.243 e. The molecular weight excluding hydrogens is 475 g/mol. The number of rotatable bonds is 8. The molecule has 0 aliphatic heterocycles. The monoisotopic (exact) mass is 494 g/mol. The molecule has 0 fully saturated rings. The van der Waals surface area contributed by atoms with Crippen LogP contribution in [0.15, 0.2) is 70.3 Å². The Morgan fingerprint density at radius 2 is 1.97 bits per heavy atom. The molecular formula is C20H20BrFN4O3S. The Balaban J connectivity index is 1.72. The van der Waals surface area contributed by atoms with E-state index >= 15 is 0 Å². The molecule has 0 aliphatic carbocycles. The zero-order valence-corrected chi connectivity index (χ0v) is 18.5. The number of sulfonamides is 1. The highest BCUT2D eigenvalue weighted by Crippen LogP contribution is 2.18. The van der Waals surface area contributed by atoms with E-state index in [-0.39, 0.29) is 23.8 Å². The van der Waals surface area contributed by atoms with Crippen molar-refractivity contribution >= 4 is 31.9 Å². The lowest BCUT2D eigenvalue weighted by Gasteiger charge is -2.20. The maximum atomic E-state index is 13.7. The number of aryl methyl sites for hydroxylation is 1. The molecule has 0 saturated heterocycles. The van der Waals surface area contributed by atoms with E-state index in [0.29, 0.717) is 10.0 Å². The predicted octanol–water partition coefficient (Wildman–Crippen LogP) is 2.70. The van der Waals surface area contributed by atoms with Gasteiger partial charge in [-0.15, -0.1) is 0 Å². The van der Waals surface area contributed by atoms with E-state index in [4.69, 9.17) is 0 Å². The van der Waals surface area contributed by atoms with Crippen LogP contribution in [-0.2, 0) is 28.3 Å². The van der Waals surface area contributed by atoms with E-state index in [2.05, 4.69) is 31.1 Å². The fourth-order valence-electron chi connectivity index (χ4n) is 2.83. The molecule has 3 aromatic rings. The molecule has 1 heterocycles. The summed E-state index contributed by atoms with van der Waals surface area (Å²) in [6.07, 6.45) is 2.60. The minimum absolute atomic E-state index is 0.0356. The molecule has 3 rings (SSSR count). The number of carbonyl (C=O) groups is 1. The molecule has 1 unspecified atom stereocenters. The van der Waals surface area contributed by atoms with Gasteiger partial charge < -0.3 is 5.32 Å². The van der Waals surface area contributed by atoms with Crippen molar-refractivity contribution in [2.24, 2.45) is 7.05 Å². The minimum Gasteiger partial charge on any atom is -0.348 e. The van der Waals surface area contributed by atoms with Crippen molar-refractivity contribution in [1.29, 1.82) is 0 Å². The van der Waals surface area contributed by atoms with Gasteiger partial charge in [-0.1, -0.05) is 36.4 Å². The van der Waals surface area contributed by atoms with E-state index in [0.717, 1.165) is 5.56 Å². The molecule has 2 aromatic carbocycles. The molecule has 1 aromatic heterocycles. The Bertz CT molecular complexity index is 1140. The summed E-state index contributed by atoms with van der Waals surface area (Å²) in [5.41, 5.74) is 1.25. The first-order valence-electron chi connectivity index (χ1n) is 9.01. The van der Waals surface area contributed by atoms with Crippen molar-refractivity contribution in [3.8, 4) is 0 Å². The van der Waals surface area contributed by atoms with Crippen molar-refractivity contribution < 1.29 is 17.6 Å². The van der Waals surface area contributed by atoms with E-state index < -0.39 is 21.9 Å². The van der Waals surface area contributed by atoms with Gasteiger partial charge >= 0.3 is 0 Å². The van der Waals surface area contributed by atoms with Gasteiger partial charge in [0.2, 0.25) is 15.9 Å². The molecule has 1 amide bonds. The summed E-state index contributed by atoms with van der Waals surface area (Å²) in [5.74, 6) is -0.810. The van der Waals surface area contributed by atoms with Gasteiger partial charge in [-0.3, -0.25) is 9.48 Å². The van der Waals surface area contributed by atoms with Gasteiger partial charge in [-0.25, -0.2) is 17.5 Å². The molecule has 30 heavy (non-hydrogen) atoms. The van der Waals surface area contributed by atoms with Crippen molar-refractivity contribution in [3.63, 3.8) is 0 Å². The summed E-state index contributed by atoms with van der Waals surface area (Å²) in [5, 5.41) is 6.69. The van der Waals surface area contributed by atoms with Crippen LogP contribution in [0.1, 0.15) is 17.2 Å². The standard InChI is InChI=1S/C20H20BrFN4O3S/c1-26-13-16(11-23-26)30(28,29)24-12-19(15-5-3-2-4-6-15)25-20(27)10-14-7-8-17(21)18(22)9-14/h2-9,11,13,19,24H,10,12H2,1H3,(H,25,27). The highest BCUT2D eigenvalue weighted by atomic mass is 79.9. The van der Waals surface area contributed by atoms with Crippen LogP contribution >= 0.6 is 15.9 Å². The highest BCUT2D eigenvalue weighted by molar-refractivity contribution is 9.10. The van der Waals surface area contributed by atoms with Gasteiger partial charge in [-0.05, 0) is 39.2 Å². The summed E-state index contributed by atoms with van der Waals surface area (Å²) >= 11 is 3.08. The Morgan fingerprint density at radius 3 is 2.60 bits per heavy atom. The summed E-state index contributed by atoms with van der Waals surface area (Å²) in [6, 6.07) is 12.9. The molecule has 1 atom stereocenters. The summed E-state index contributed by atoms with van der Waals surface area (Å²) in [6.45, 7) is -0.0539. The normalized spacial score (nSPS) is 12.5. The van der Waals surface area contributed by atoms with Gasteiger partial charge in [-0.2, -0.15) is 5.10 Å². The van der Waals surface area contributed by atoms with Crippen molar-refractivity contribution in [2.45, 2.75) is 17.4 Å². The average Bonchev–Trinajstić information content (AvgIpc) is 3.16. The summed E-state index contributed by atoms with van der Waals surface area (Å²) in [4.78, 5) is 12.6. The second kappa shape index (κ2) is 9.50. The molecule has 158 valence electrons. The minimum atomic E-state index is -3.79. The van der Waals surface area contributed by atoms with Crippen LogP contribution in [0.4, 0.5) is 4.39 Å². The zero-order valence-electron chi connectivity index (χ0n) is 16.0. The SMILES string of the molecule is Cn1cc(S(=O)(=O)NCC(NC(=O)Cc2ccc(Br)c(F)c2)c2ccccc2)cn1. The average molecular weight is 495 g/mol. The van der Waals surface area contributed by atoms with Crippen LogP contribution in [0.3, 0.4) is 0 Å². The van der Waals surface area contributed by atoms with Gasteiger partial charge in [0.15, 0.2) is 0 Å². The van der Waals surface area contributed by atoms with Gasteiger partial charge in [0, 0.05) is 19.8 Å².